The molecule has 3 aromatic rings. The minimum Gasteiger partial charge on any atom is -0.366 e. The number of nitrogens with zero attached hydrogens (tertiary/aromatic N) is 3. The zero-order valence-electron chi connectivity index (χ0n) is 15.5. The molecule has 0 aliphatic heterocycles. The molecule has 1 fully saturated rings. The summed E-state index contributed by atoms with van der Waals surface area (Å²) in [6.07, 6.45) is 7.87. The molecule has 1 aliphatic carbocycles. The van der Waals surface area contributed by atoms with Gasteiger partial charge in [-0.15, -0.1) is 0 Å². The molecular formula is C21H19ClFN5O. The second kappa shape index (κ2) is 7.75. The van der Waals surface area contributed by atoms with Gasteiger partial charge in [0.15, 0.2) is 0 Å². The summed E-state index contributed by atoms with van der Waals surface area (Å²) in [4.78, 5) is 24.4. The summed E-state index contributed by atoms with van der Waals surface area (Å²) in [5.41, 5.74) is 6.94. The molecule has 29 heavy (non-hydrogen) atoms. The van der Waals surface area contributed by atoms with E-state index >= 15 is 0 Å². The van der Waals surface area contributed by atoms with Crippen molar-refractivity contribution in [2.45, 2.75) is 24.7 Å². The van der Waals surface area contributed by atoms with E-state index in [1.807, 2.05) is 12.1 Å². The lowest BCUT2D eigenvalue weighted by atomic mass is 9.66. The normalized spacial score (nSPS) is 14.8. The van der Waals surface area contributed by atoms with Crippen LogP contribution in [-0.2, 0) is 5.41 Å². The van der Waals surface area contributed by atoms with E-state index in [2.05, 4.69) is 20.3 Å². The highest BCUT2D eigenvalue weighted by molar-refractivity contribution is 6.31. The van der Waals surface area contributed by atoms with Crippen LogP contribution in [0.1, 0.15) is 35.3 Å². The van der Waals surface area contributed by atoms with Gasteiger partial charge in [-0.3, -0.25) is 9.78 Å². The van der Waals surface area contributed by atoms with Gasteiger partial charge in [0.1, 0.15) is 5.82 Å². The number of halogens is 2. The molecule has 1 aromatic carbocycles. The molecular weight excluding hydrogens is 393 g/mol. The van der Waals surface area contributed by atoms with Crippen molar-refractivity contribution in [3.05, 3.63) is 71.0 Å². The quantitative estimate of drug-likeness (QED) is 0.640. The fourth-order valence-corrected chi connectivity index (χ4v) is 3.91. The highest BCUT2D eigenvalue weighted by atomic mass is 35.5. The number of anilines is 1. The molecule has 0 saturated heterocycles. The molecule has 2 heterocycles. The third kappa shape index (κ3) is 3.78. The first-order chi connectivity index (χ1) is 14.0. The van der Waals surface area contributed by atoms with Gasteiger partial charge in [-0.2, -0.15) is 0 Å². The van der Waals surface area contributed by atoms with Gasteiger partial charge < -0.3 is 11.1 Å². The van der Waals surface area contributed by atoms with Crippen molar-refractivity contribution < 1.29 is 9.18 Å². The largest absolute Gasteiger partial charge is 0.366 e. The van der Waals surface area contributed by atoms with E-state index in [9.17, 15) is 9.18 Å². The monoisotopic (exact) mass is 411 g/mol. The highest BCUT2D eigenvalue weighted by Crippen LogP contribution is 2.45. The van der Waals surface area contributed by atoms with Crippen molar-refractivity contribution >= 4 is 23.5 Å². The predicted octanol–water partition coefficient (Wildman–Crippen LogP) is 3.96. The molecule has 0 atom stereocenters. The zero-order chi connectivity index (χ0) is 20.4. The van der Waals surface area contributed by atoms with Crippen LogP contribution in [0, 0.1) is 5.82 Å². The molecule has 0 unspecified atom stereocenters. The number of primary amides is 1. The molecule has 0 bridgehead atoms. The van der Waals surface area contributed by atoms with Gasteiger partial charge in [0.2, 0.25) is 11.9 Å². The van der Waals surface area contributed by atoms with Gasteiger partial charge >= 0.3 is 0 Å². The summed E-state index contributed by atoms with van der Waals surface area (Å²) in [5, 5.41) is 3.91. The molecule has 8 heteroatoms. The Morgan fingerprint density at radius 3 is 2.59 bits per heavy atom. The van der Waals surface area contributed by atoms with E-state index in [0.717, 1.165) is 25.0 Å². The zero-order valence-corrected chi connectivity index (χ0v) is 16.3. The number of hydrogen-bond donors (Lipinski definition) is 2. The van der Waals surface area contributed by atoms with E-state index in [0.29, 0.717) is 23.1 Å². The highest BCUT2D eigenvalue weighted by Gasteiger charge is 2.41. The average molecular weight is 412 g/mol. The molecule has 1 amide bonds. The lowest BCUT2D eigenvalue weighted by Gasteiger charge is -2.41. The molecule has 148 valence electrons. The van der Waals surface area contributed by atoms with E-state index in [-0.39, 0.29) is 16.5 Å². The van der Waals surface area contributed by atoms with E-state index < -0.39 is 11.7 Å². The third-order valence-corrected chi connectivity index (χ3v) is 5.68. The molecule has 1 aliphatic rings. The Bertz CT molecular complexity index is 1050. The SMILES string of the molecule is NC(=O)c1ccc(F)c(-c2cnc(NCC3(c4ncccc4Cl)CCC3)nc2)c1. The third-order valence-electron chi connectivity index (χ3n) is 5.37. The number of aromatic nitrogens is 3. The van der Waals surface area contributed by atoms with Crippen molar-refractivity contribution in [1.29, 1.82) is 0 Å². The number of carbonyl (C=O) groups excluding carboxylic acids is 1. The lowest BCUT2D eigenvalue weighted by molar-refractivity contribution is 0.100. The van der Waals surface area contributed by atoms with Crippen molar-refractivity contribution in [3.63, 3.8) is 0 Å². The van der Waals surface area contributed by atoms with Crippen LogP contribution < -0.4 is 11.1 Å². The number of carbonyl (C=O) groups is 1. The lowest BCUT2D eigenvalue weighted by Crippen LogP contribution is -2.42. The summed E-state index contributed by atoms with van der Waals surface area (Å²) in [6, 6.07) is 7.62. The standard InChI is InChI=1S/C21H19ClFN5O/c22-16-3-1-8-25-18(16)21(6-2-7-21)12-28-20-26-10-14(11-27-20)15-9-13(19(24)29)4-5-17(15)23/h1,3-5,8-11H,2,6-7,12H2,(H2,24,29)(H,26,27,28). The summed E-state index contributed by atoms with van der Waals surface area (Å²) >= 11 is 6.35. The smallest absolute Gasteiger partial charge is 0.248 e. The topological polar surface area (TPSA) is 93.8 Å². The van der Waals surface area contributed by atoms with Gasteiger partial charge in [0.25, 0.3) is 0 Å². The van der Waals surface area contributed by atoms with Crippen LogP contribution in [0.5, 0.6) is 0 Å². The van der Waals surface area contributed by atoms with Crippen LogP contribution in [0.25, 0.3) is 11.1 Å². The molecule has 0 radical (unpaired) electrons. The van der Waals surface area contributed by atoms with Gasteiger partial charge in [-0.05, 0) is 43.2 Å². The summed E-state index contributed by atoms with van der Waals surface area (Å²) in [6.45, 7) is 0.606. The second-order valence-corrected chi connectivity index (χ2v) is 7.58. The van der Waals surface area contributed by atoms with Crippen molar-refractivity contribution in [3.8, 4) is 11.1 Å². The number of rotatable bonds is 6. The van der Waals surface area contributed by atoms with Crippen LogP contribution in [0.4, 0.5) is 10.3 Å². The number of hydrogen-bond acceptors (Lipinski definition) is 5. The Kier molecular flexibility index (Phi) is 5.15. The summed E-state index contributed by atoms with van der Waals surface area (Å²) in [5.74, 6) is -0.666. The van der Waals surface area contributed by atoms with Crippen LogP contribution in [0.3, 0.4) is 0 Å². The molecule has 4 rings (SSSR count). The first-order valence-electron chi connectivity index (χ1n) is 9.25. The van der Waals surface area contributed by atoms with Crippen molar-refractivity contribution in [1.82, 2.24) is 15.0 Å². The molecule has 1 saturated carbocycles. The summed E-state index contributed by atoms with van der Waals surface area (Å²) < 4.78 is 14.2. The second-order valence-electron chi connectivity index (χ2n) is 7.18. The number of pyridine rings is 1. The van der Waals surface area contributed by atoms with Crippen molar-refractivity contribution in [2.75, 3.05) is 11.9 Å². The molecule has 2 aromatic heterocycles. The Morgan fingerprint density at radius 2 is 1.97 bits per heavy atom. The van der Waals surface area contributed by atoms with E-state index in [1.165, 1.54) is 30.6 Å². The van der Waals surface area contributed by atoms with Crippen LogP contribution in [-0.4, -0.2) is 27.4 Å². The van der Waals surface area contributed by atoms with E-state index in [4.69, 9.17) is 17.3 Å². The van der Waals surface area contributed by atoms with E-state index in [1.54, 1.807) is 6.20 Å². The Balaban J connectivity index is 1.51. The number of amides is 1. The average Bonchev–Trinajstić information content (AvgIpc) is 2.69. The van der Waals surface area contributed by atoms with Crippen LogP contribution in [0.2, 0.25) is 5.02 Å². The Labute approximate surface area is 172 Å². The Morgan fingerprint density at radius 1 is 1.21 bits per heavy atom. The molecule has 6 nitrogen and oxygen atoms in total. The minimum atomic E-state index is -0.621. The number of nitrogens with one attached hydrogen (secondary N) is 1. The summed E-state index contributed by atoms with van der Waals surface area (Å²) in [7, 11) is 0. The molecule has 3 N–H and O–H groups in total. The fourth-order valence-electron chi connectivity index (χ4n) is 3.58. The van der Waals surface area contributed by atoms with Crippen molar-refractivity contribution in [2.24, 2.45) is 5.73 Å². The Hall–Kier alpha value is -3.06. The maximum absolute atomic E-state index is 14.2. The number of nitrogens with two attached hydrogens (primary N) is 1. The number of benzene rings is 1. The first kappa shape index (κ1) is 19.3. The van der Waals surface area contributed by atoms with Crippen LogP contribution in [0.15, 0.2) is 48.9 Å². The predicted molar refractivity (Wildman–Crippen MR) is 109 cm³/mol. The maximum atomic E-state index is 14.2. The van der Waals surface area contributed by atoms with Crippen LogP contribution >= 0.6 is 11.6 Å². The minimum absolute atomic E-state index is 0.137. The first-order valence-corrected chi connectivity index (χ1v) is 9.63. The van der Waals surface area contributed by atoms with Gasteiger partial charge in [0, 0.05) is 47.2 Å². The fraction of sp³-hybridized carbons (Fsp3) is 0.238. The molecule has 0 spiro atoms. The van der Waals surface area contributed by atoms with Gasteiger partial charge in [-0.25, -0.2) is 14.4 Å². The maximum Gasteiger partial charge on any atom is 0.248 e. The van der Waals surface area contributed by atoms with Gasteiger partial charge in [0.05, 0.1) is 10.7 Å². The van der Waals surface area contributed by atoms with Gasteiger partial charge in [-0.1, -0.05) is 18.0 Å².